The lowest BCUT2D eigenvalue weighted by Crippen LogP contribution is -2.18. The Kier molecular flexibility index (Phi) is 2.45. The van der Waals surface area contributed by atoms with E-state index >= 15 is 0 Å². The van der Waals surface area contributed by atoms with Crippen molar-refractivity contribution in [2.45, 2.75) is 0 Å². The number of aromatic amines is 1. The molecule has 0 aliphatic heterocycles. The van der Waals surface area contributed by atoms with Crippen molar-refractivity contribution in [3.63, 3.8) is 0 Å². The highest BCUT2D eigenvalue weighted by molar-refractivity contribution is 6.00. The number of fused-ring (bicyclic) bond motifs is 1. The summed E-state index contributed by atoms with van der Waals surface area (Å²) >= 11 is 0. The third-order valence-corrected chi connectivity index (χ3v) is 2.46. The summed E-state index contributed by atoms with van der Waals surface area (Å²) in [5.41, 5.74) is 1.54. The van der Waals surface area contributed by atoms with Crippen LogP contribution in [0.4, 0.5) is 16.4 Å². The highest BCUT2D eigenvalue weighted by Crippen LogP contribution is 2.17. The number of benzene rings is 1. The number of rotatable bonds is 2. The Morgan fingerprint density at radius 1 is 1.28 bits per heavy atom. The molecule has 0 spiro atoms. The number of H-pyrrole nitrogens is 1. The lowest BCUT2D eigenvalue weighted by molar-refractivity contribution is 0.261. The van der Waals surface area contributed by atoms with E-state index in [4.69, 9.17) is 4.42 Å². The van der Waals surface area contributed by atoms with Crippen molar-refractivity contribution < 1.29 is 9.21 Å². The van der Waals surface area contributed by atoms with Crippen molar-refractivity contribution in [2.24, 2.45) is 0 Å². The summed E-state index contributed by atoms with van der Waals surface area (Å²) in [7, 11) is 0. The van der Waals surface area contributed by atoms with E-state index in [-0.39, 0.29) is 6.03 Å². The molecule has 6 nitrogen and oxygen atoms in total. The topological polar surface area (TPSA) is 83.0 Å². The van der Waals surface area contributed by atoms with E-state index in [2.05, 4.69) is 20.8 Å². The van der Waals surface area contributed by atoms with Gasteiger partial charge in [-0.1, -0.05) is 0 Å². The van der Waals surface area contributed by atoms with Crippen LogP contribution in [0.2, 0.25) is 0 Å². The molecule has 1 aromatic carbocycles. The van der Waals surface area contributed by atoms with Crippen molar-refractivity contribution in [3.8, 4) is 0 Å². The van der Waals surface area contributed by atoms with E-state index in [0.29, 0.717) is 11.6 Å². The maximum atomic E-state index is 11.6. The third-order valence-electron chi connectivity index (χ3n) is 2.46. The number of hydrogen-bond donors (Lipinski definition) is 3. The van der Waals surface area contributed by atoms with Crippen molar-refractivity contribution >= 4 is 28.5 Å². The molecule has 0 aliphatic carbocycles. The van der Waals surface area contributed by atoms with Gasteiger partial charge in [-0.25, -0.2) is 4.79 Å². The first-order valence-corrected chi connectivity index (χ1v) is 5.36. The number of nitrogens with one attached hydrogen (secondary N) is 3. The van der Waals surface area contributed by atoms with Crippen molar-refractivity contribution in [3.05, 3.63) is 42.8 Å². The largest absolute Gasteiger partial charge is 0.449 e. The highest BCUT2D eigenvalue weighted by atomic mass is 16.3. The van der Waals surface area contributed by atoms with Gasteiger partial charge < -0.3 is 9.73 Å². The summed E-state index contributed by atoms with van der Waals surface area (Å²) in [6.45, 7) is 0. The summed E-state index contributed by atoms with van der Waals surface area (Å²) in [5.74, 6) is 0.398. The Morgan fingerprint density at radius 3 is 3.06 bits per heavy atom. The first kappa shape index (κ1) is 10.4. The number of aromatic nitrogens is 2. The number of amides is 2. The lowest BCUT2D eigenvalue weighted by atomic mass is 10.2. The molecule has 2 amide bonds. The molecule has 0 saturated carbocycles. The average molecular weight is 242 g/mol. The molecular formula is C12H10N4O2. The molecule has 0 radical (unpaired) electrons. The van der Waals surface area contributed by atoms with Crippen LogP contribution >= 0.6 is 0 Å². The maximum absolute atomic E-state index is 11.6. The number of carbonyl (C=O) groups excluding carboxylic acids is 1. The fraction of sp³-hybridized carbons (Fsp3) is 0. The molecule has 6 heteroatoms. The van der Waals surface area contributed by atoms with Crippen LogP contribution in [-0.2, 0) is 0 Å². The second-order valence-electron chi connectivity index (χ2n) is 3.73. The van der Waals surface area contributed by atoms with Gasteiger partial charge >= 0.3 is 6.03 Å². The Labute approximate surface area is 102 Å². The second kappa shape index (κ2) is 4.25. The Morgan fingerprint density at radius 2 is 2.22 bits per heavy atom. The van der Waals surface area contributed by atoms with E-state index in [1.165, 1.54) is 6.26 Å². The van der Waals surface area contributed by atoms with E-state index in [1.807, 2.05) is 12.1 Å². The quantitative estimate of drug-likeness (QED) is 0.646. The summed E-state index contributed by atoms with van der Waals surface area (Å²) in [6.07, 6.45) is 3.22. The molecule has 90 valence electrons. The van der Waals surface area contributed by atoms with Gasteiger partial charge in [-0.3, -0.25) is 10.4 Å². The van der Waals surface area contributed by atoms with Crippen LogP contribution in [0, 0.1) is 0 Å². The molecular weight excluding hydrogens is 232 g/mol. The fourth-order valence-electron chi connectivity index (χ4n) is 1.64. The highest BCUT2D eigenvalue weighted by Gasteiger charge is 2.05. The standard InChI is InChI=1S/C12H10N4O2/c17-12(15-11-2-1-5-18-11)14-9-4-3-8-7-13-16-10(8)6-9/h1-7H,(H,13,16)(H2,14,15,17). The van der Waals surface area contributed by atoms with Crippen LogP contribution in [0.25, 0.3) is 10.9 Å². The zero-order chi connectivity index (χ0) is 12.4. The van der Waals surface area contributed by atoms with E-state index in [9.17, 15) is 4.79 Å². The first-order chi connectivity index (χ1) is 8.81. The van der Waals surface area contributed by atoms with Crippen LogP contribution in [0.5, 0.6) is 0 Å². The van der Waals surface area contributed by atoms with Crippen LogP contribution in [0.1, 0.15) is 0 Å². The van der Waals surface area contributed by atoms with Gasteiger partial charge in [0.15, 0.2) is 0 Å². The smallest absolute Gasteiger partial charge is 0.326 e. The number of furan rings is 1. The number of anilines is 2. The van der Waals surface area contributed by atoms with Gasteiger partial charge in [0.1, 0.15) is 0 Å². The molecule has 2 aromatic heterocycles. The minimum atomic E-state index is -0.358. The molecule has 3 N–H and O–H groups in total. The third kappa shape index (κ3) is 2.03. The molecule has 0 bridgehead atoms. The molecule has 0 fully saturated rings. The SMILES string of the molecule is O=C(Nc1ccc2cn[nH]c2c1)Nc1ccco1. The van der Waals surface area contributed by atoms with E-state index < -0.39 is 0 Å². The van der Waals surface area contributed by atoms with Gasteiger partial charge in [0.25, 0.3) is 0 Å². The van der Waals surface area contributed by atoms with Crippen LogP contribution in [0.15, 0.2) is 47.2 Å². The summed E-state index contributed by atoms with van der Waals surface area (Å²) in [6, 6.07) is 8.50. The predicted molar refractivity (Wildman–Crippen MR) is 67.4 cm³/mol. The zero-order valence-electron chi connectivity index (χ0n) is 9.31. The van der Waals surface area contributed by atoms with Crippen molar-refractivity contribution in [2.75, 3.05) is 10.6 Å². The maximum Gasteiger partial charge on any atom is 0.326 e. The molecule has 18 heavy (non-hydrogen) atoms. The molecule has 3 rings (SSSR count). The van der Waals surface area contributed by atoms with Gasteiger partial charge in [-0.05, 0) is 24.3 Å². The fourth-order valence-corrected chi connectivity index (χ4v) is 1.64. The summed E-state index contributed by atoms with van der Waals surface area (Å²) in [5, 5.41) is 13.0. The van der Waals surface area contributed by atoms with Crippen LogP contribution in [0.3, 0.4) is 0 Å². The predicted octanol–water partition coefficient (Wildman–Crippen LogP) is 2.80. The monoisotopic (exact) mass is 242 g/mol. The first-order valence-electron chi connectivity index (χ1n) is 5.36. The second-order valence-corrected chi connectivity index (χ2v) is 3.73. The van der Waals surface area contributed by atoms with E-state index in [0.717, 1.165) is 10.9 Å². The zero-order valence-corrected chi connectivity index (χ0v) is 9.31. The minimum Gasteiger partial charge on any atom is -0.449 e. The van der Waals surface area contributed by atoms with Gasteiger partial charge in [-0.15, -0.1) is 0 Å². The Balaban J connectivity index is 1.73. The van der Waals surface area contributed by atoms with Crippen molar-refractivity contribution in [1.82, 2.24) is 10.2 Å². The lowest BCUT2D eigenvalue weighted by Gasteiger charge is -2.05. The van der Waals surface area contributed by atoms with Gasteiger partial charge in [0.05, 0.1) is 18.0 Å². The average Bonchev–Trinajstić information content (AvgIpc) is 2.98. The number of nitrogens with zero attached hydrogens (tertiary/aromatic N) is 1. The van der Waals surface area contributed by atoms with Gasteiger partial charge in [0.2, 0.25) is 5.88 Å². The minimum absolute atomic E-state index is 0.358. The molecule has 2 heterocycles. The van der Waals surface area contributed by atoms with Crippen LogP contribution < -0.4 is 10.6 Å². The summed E-state index contributed by atoms with van der Waals surface area (Å²) < 4.78 is 5.01. The normalized spacial score (nSPS) is 10.4. The van der Waals surface area contributed by atoms with Crippen LogP contribution in [-0.4, -0.2) is 16.2 Å². The number of hydrogen-bond acceptors (Lipinski definition) is 3. The van der Waals surface area contributed by atoms with Crippen molar-refractivity contribution in [1.29, 1.82) is 0 Å². The molecule has 3 aromatic rings. The molecule has 0 unspecified atom stereocenters. The van der Waals surface area contributed by atoms with Gasteiger partial charge in [-0.2, -0.15) is 5.10 Å². The molecule has 0 saturated heterocycles. The molecule has 0 aliphatic rings. The Bertz CT molecular complexity index is 672. The number of carbonyl (C=O) groups is 1. The van der Waals surface area contributed by atoms with E-state index in [1.54, 1.807) is 24.4 Å². The molecule has 0 atom stereocenters. The summed E-state index contributed by atoms with van der Waals surface area (Å²) in [4.78, 5) is 11.6. The van der Waals surface area contributed by atoms with Gasteiger partial charge in [0, 0.05) is 17.1 Å². The Hall–Kier alpha value is -2.76. The number of urea groups is 1.